The average molecular weight is 478 g/mol. The van der Waals surface area contributed by atoms with E-state index in [1.54, 1.807) is 37.6 Å². The summed E-state index contributed by atoms with van der Waals surface area (Å²) in [7, 11) is -1.67. The van der Waals surface area contributed by atoms with Crippen molar-refractivity contribution in [1.82, 2.24) is 14.1 Å². The van der Waals surface area contributed by atoms with Gasteiger partial charge in [-0.15, -0.1) is 0 Å². The molecular formula is C22H31N5O5S. The van der Waals surface area contributed by atoms with E-state index in [0.717, 1.165) is 6.42 Å². The van der Waals surface area contributed by atoms with E-state index in [9.17, 15) is 18.0 Å². The van der Waals surface area contributed by atoms with Crippen molar-refractivity contribution in [1.29, 1.82) is 0 Å². The van der Waals surface area contributed by atoms with Gasteiger partial charge >= 0.3 is 0 Å². The summed E-state index contributed by atoms with van der Waals surface area (Å²) in [5.41, 5.74) is 1.14. The zero-order valence-electron chi connectivity index (χ0n) is 19.0. The summed E-state index contributed by atoms with van der Waals surface area (Å²) in [5.74, 6) is 0.181. The van der Waals surface area contributed by atoms with Crippen molar-refractivity contribution >= 4 is 33.2 Å². The SMILES string of the molecule is CCCCS(=O)(=O)N1CCC(C(=O)Nc2cnn(CC(=O)Nc3ccc(OC)cc3)c2)CC1. The van der Waals surface area contributed by atoms with E-state index in [1.807, 2.05) is 6.92 Å². The van der Waals surface area contributed by atoms with Crippen molar-refractivity contribution in [3.8, 4) is 5.75 Å². The van der Waals surface area contributed by atoms with Gasteiger partial charge in [-0.3, -0.25) is 14.3 Å². The Labute approximate surface area is 194 Å². The number of sulfonamides is 1. The Morgan fingerprint density at radius 1 is 1.12 bits per heavy atom. The summed E-state index contributed by atoms with van der Waals surface area (Å²) in [6.45, 7) is 2.67. The maximum absolute atomic E-state index is 12.6. The topological polar surface area (TPSA) is 123 Å². The number of nitrogens with one attached hydrogen (secondary N) is 2. The molecule has 1 aliphatic heterocycles. The summed E-state index contributed by atoms with van der Waals surface area (Å²) < 4.78 is 32.7. The molecule has 0 spiro atoms. The molecule has 1 aromatic heterocycles. The van der Waals surface area contributed by atoms with Crippen LogP contribution in [0.25, 0.3) is 0 Å². The van der Waals surface area contributed by atoms with Crippen LogP contribution in [0, 0.1) is 5.92 Å². The van der Waals surface area contributed by atoms with Gasteiger partial charge in [0, 0.05) is 30.9 Å². The molecule has 0 saturated carbocycles. The van der Waals surface area contributed by atoms with Gasteiger partial charge in [0.05, 0.1) is 24.7 Å². The number of hydrogen-bond acceptors (Lipinski definition) is 6. The molecule has 1 fully saturated rings. The van der Waals surface area contributed by atoms with Gasteiger partial charge in [-0.25, -0.2) is 12.7 Å². The zero-order valence-corrected chi connectivity index (χ0v) is 19.8. The van der Waals surface area contributed by atoms with E-state index in [2.05, 4.69) is 15.7 Å². The van der Waals surface area contributed by atoms with Gasteiger partial charge in [0.15, 0.2) is 0 Å². The lowest BCUT2D eigenvalue weighted by Crippen LogP contribution is -2.42. The minimum Gasteiger partial charge on any atom is -0.497 e. The highest BCUT2D eigenvalue weighted by molar-refractivity contribution is 7.89. The Morgan fingerprint density at radius 2 is 1.82 bits per heavy atom. The third kappa shape index (κ3) is 7.03. The Morgan fingerprint density at radius 3 is 2.45 bits per heavy atom. The molecule has 10 nitrogen and oxygen atoms in total. The predicted octanol–water partition coefficient (Wildman–Crippen LogP) is 2.31. The summed E-state index contributed by atoms with van der Waals surface area (Å²) >= 11 is 0. The highest BCUT2D eigenvalue weighted by atomic mass is 32.2. The lowest BCUT2D eigenvalue weighted by Gasteiger charge is -2.30. The van der Waals surface area contributed by atoms with Crippen molar-refractivity contribution in [2.24, 2.45) is 5.92 Å². The number of anilines is 2. The number of carbonyl (C=O) groups excluding carboxylic acids is 2. The van der Waals surface area contributed by atoms with E-state index < -0.39 is 10.0 Å². The van der Waals surface area contributed by atoms with Crippen LogP contribution in [-0.2, 0) is 26.2 Å². The standard InChI is InChI=1S/C22H31N5O5S/c1-3-4-13-33(30,31)27-11-9-17(10-12-27)22(29)25-19-14-23-26(15-19)16-21(28)24-18-5-7-20(32-2)8-6-18/h5-8,14-15,17H,3-4,9-13,16H2,1-2H3,(H,24,28)(H,25,29). The smallest absolute Gasteiger partial charge is 0.246 e. The van der Waals surface area contributed by atoms with Crippen LogP contribution in [0.15, 0.2) is 36.7 Å². The van der Waals surface area contributed by atoms with Crippen molar-refractivity contribution in [2.45, 2.75) is 39.2 Å². The van der Waals surface area contributed by atoms with E-state index in [4.69, 9.17) is 4.74 Å². The number of benzene rings is 1. The second-order valence-electron chi connectivity index (χ2n) is 8.04. The quantitative estimate of drug-likeness (QED) is 0.541. The molecule has 33 heavy (non-hydrogen) atoms. The Kier molecular flexibility index (Phi) is 8.45. The van der Waals surface area contributed by atoms with Crippen LogP contribution < -0.4 is 15.4 Å². The maximum atomic E-state index is 12.6. The average Bonchev–Trinajstić information content (AvgIpc) is 3.24. The third-order valence-corrected chi connectivity index (χ3v) is 7.51. The molecule has 1 saturated heterocycles. The number of rotatable bonds is 10. The van der Waals surface area contributed by atoms with Gasteiger partial charge in [-0.05, 0) is 43.5 Å². The normalized spacial score (nSPS) is 15.2. The number of ether oxygens (including phenoxy) is 1. The molecule has 1 aromatic carbocycles. The fraction of sp³-hybridized carbons (Fsp3) is 0.500. The van der Waals surface area contributed by atoms with Gasteiger partial charge in [-0.1, -0.05) is 13.3 Å². The van der Waals surface area contributed by atoms with Crippen LogP contribution in [0.3, 0.4) is 0 Å². The third-order valence-electron chi connectivity index (χ3n) is 5.55. The number of methoxy groups -OCH3 is 1. The van der Waals surface area contributed by atoms with Crippen molar-refractivity contribution in [3.63, 3.8) is 0 Å². The van der Waals surface area contributed by atoms with Gasteiger partial charge in [0.25, 0.3) is 0 Å². The fourth-order valence-electron chi connectivity index (χ4n) is 3.63. The Balaban J connectivity index is 1.46. The van der Waals surface area contributed by atoms with Crippen LogP contribution in [-0.4, -0.2) is 60.3 Å². The molecule has 0 atom stereocenters. The van der Waals surface area contributed by atoms with Crippen LogP contribution in [0.4, 0.5) is 11.4 Å². The molecule has 0 radical (unpaired) electrons. The summed E-state index contributed by atoms with van der Waals surface area (Å²) in [6, 6.07) is 6.99. The number of nitrogens with zero attached hydrogens (tertiary/aromatic N) is 3. The summed E-state index contributed by atoms with van der Waals surface area (Å²) in [6.07, 6.45) is 5.52. The van der Waals surface area contributed by atoms with Crippen molar-refractivity contribution in [3.05, 3.63) is 36.7 Å². The number of hydrogen-bond donors (Lipinski definition) is 2. The number of carbonyl (C=O) groups is 2. The second kappa shape index (κ2) is 11.3. The molecule has 0 aliphatic carbocycles. The second-order valence-corrected chi connectivity index (χ2v) is 10.1. The van der Waals surface area contributed by atoms with Gasteiger partial charge in [0.1, 0.15) is 12.3 Å². The van der Waals surface area contributed by atoms with Crippen LogP contribution in [0.2, 0.25) is 0 Å². The largest absolute Gasteiger partial charge is 0.497 e. The molecule has 2 aromatic rings. The molecule has 1 aliphatic rings. The van der Waals surface area contributed by atoms with E-state index in [-0.39, 0.29) is 30.0 Å². The Bertz CT molecular complexity index is 1040. The molecule has 11 heteroatoms. The number of unbranched alkanes of at least 4 members (excludes halogenated alkanes) is 1. The zero-order chi connectivity index (χ0) is 23.8. The minimum absolute atomic E-state index is 0.00406. The number of aromatic nitrogens is 2. The van der Waals surface area contributed by atoms with Crippen molar-refractivity contribution < 1.29 is 22.7 Å². The first kappa shape index (κ1) is 24.7. The molecule has 2 amide bonds. The van der Waals surface area contributed by atoms with E-state index >= 15 is 0 Å². The first-order chi connectivity index (χ1) is 15.8. The molecule has 2 heterocycles. The van der Waals surface area contributed by atoms with Gasteiger partial charge in [0.2, 0.25) is 21.8 Å². The van der Waals surface area contributed by atoms with Crippen LogP contribution >= 0.6 is 0 Å². The van der Waals surface area contributed by atoms with Crippen LogP contribution in [0.1, 0.15) is 32.6 Å². The lowest BCUT2D eigenvalue weighted by atomic mass is 9.97. The van der Waals surface area contributed by atoms with E-state index in [1.165, 1.54) is 15.2 Å². The molecular weight excluding hydrogens is 446 g/mol. The first-order valence-electron chi connectivity index (χ1n) is 11.1. The summed E-state index contributed by atoms with van der Waals surface area (Å²) in [4.78, 5) is 24.9. The van der Waals surface area contributed by atoms with Gasteiger partial charge in [-0.2, -0.15) is 5.10 Å². The number of piperidine rings is 1. The first-order valence-corrected chi connectivity index (χ1v) is 12.7. The lowest BCUT2D eigenvalue weighted by molar-refractivity contribution is -0.121. The van der Waals surface area contributed by atoms with Crippen LogP contribution in [0.5, 0.6) is 5.75 Å². The van der Waals surface area contributed by atoms with Crippen molar-refractivity contribution in [2.75, 3.05) is 36.6 Å². The molecule has 3 rings (SSSR count). The number of amides is 2. The highest BCUT2D eigenvalue weighted by Crippen LogP contribution is 2.22. The molecule has 0 unspecified atom stereocenters. The predicted molar refractivity (Wildman–Crippen MR) is 125 cm³/mol. The maximum Gasteiger partial charge on any atom is 0.246 e. The fourth-order valence-corrected chi connectivity index (χ4v) is 5.31. The Hall–Kier alpha value is -2.92. The molecule has 2 N–H and O–H groups in total. The summed E-state index contributed by atoms with van der Waals surface area (Å²) in [5, 5.41) is 9.73. The minimum atomic E-state index is -3.24. The van der Waals surface area contributed by atoms with E-state index in [0.29, 0.717) is 49.5 Å². The monoisotopic (exact) mass is 477 g/mol. The van der Waals surface area contributed by atoms with Gasteiger partial charge < -0.3 is 15.4 Å². The molecule has 180 valence electrons. The highest BCUT2D eigenvalue weighted by Gasteiger charge is 2.30. The molecule has 0 bridgehead atoms.